The average Bonchev–Trinajstić information content (AvgIpc) is 2.17. The summed E-state index contributed by atoms with van der Waals surface area (Å²) in [5.41, 5.74) is 1.30. The van der Waals surface area contributed by atoms with E-state index in [9.17, 15) is 8.78 Å². The van der Waals surface area contributed by atoms with E-state index < -0.39 is 12.5 Å². The Hall–Kier alpha value is -0.960. The summed E-state index contributed by atoms with van der Waals surface area (Å²) in [6.07, 6.45) is 0. The van der Waals surface area contributed by atoms with Crippen LogP contribution in [0.3, 0.4) is 0 Å². The van der Waals surface area contributed by atoms with E-state index in [0.29, 0.717) is 5.56 Å². The molecular weight excluding hydrogens is 198 g/mol. The molecule has 0 aliphatic carbocycles. The van der Waals surface area contributed by atoms with E-state index in [0.717, 1.165) is 5.56 Å². The predicted molar refractivity (Wildman–Crippen MR) is 56.2 cm³/mol. The summed E-state index contributed by atoms with van der Waals surface area (Å²) in [6.45, 7) is 4.38. The standard InChI is InChI=1S/C12H16F2O/c1-8(2)10-5-4-9(3)11(6-10)12(13,14)7-15/h4-6,8,15H,7H2,1-3H3. The minimum absolute atomic E-state index is 0.0730. The number of hydrogen-bond acceptors (Lipinski definition) is 1. The topological polar surface area (TPSA) is 20.2 Å². The molecule has 15 heavy (non-hydrogen) atoms. The SMILES string of the molecule is Cc1ccc(C(C)C)cc1C(F)(F)CO. The number of hydrogen-bond donors (Lipinski definition) is 1. The Morgan fingerprint density at radius 1 is 1.33 bits per heavy atom. The van der Waals surface area contributed by atoms with E-state index in [1.165, 1.54) is 6.07 Å². The first-order chi connectivity index (χ1) is 6.88. The van der Waals surface area contributed by atoms with Crippen molar-refractivity contribution in [2.75, 3.05) is 6.61 Å². The molecule has 0 radical (unpaired) electrons. The van der Waals surface area contributed by atoms with Gasteiger partial charge in [-0.2, -0.15) is 8.78 Å². The summed E-state index contributed by atoms with van der Waals surface area (Å²) in [5.74, 6) is -2.94. The largest absolute Gasteiger partial charge is 0.390 e. The van der Waals surface area contributed by atoms with Crippen LogP contribution in [0.1, 0.15) is 36.5 Å². The first-order valence-electron chi connectivity index (χ1n) is 4.98. The lowest BCUT2D eigenvalue weighted by molar-refractivity contribution is -0.0561. The highest BCUT2D eigenvalue weighted by Gasteiger charge is 2.32. The Labute approximate surface area is 88.7 Å². The van der Waals surface area contributed by atoms with E-state index in [1.807, 2.05) is 19.9 Å². The van der Waals surface area contributed by atoms with Gasteiger partial charge in [0, 0.05) is 5.56 Å². The normalized spacial score (nSPS) is 12.2. The van der Waals surface area contributed by atoms with E-state index in [1.54, 1.807) is 13.0 Å². The molecule has 1 aromatic carbocycles. The van der Waals surface area contributed by atoms with Crippen molar-refractivity contribution in [1.29, 1.82) is 0 Å². The van der Waals surface area contributed by atoms with Crippen LogP contribution in [0.4, 0.5) is 8.78 Å². The van der Waals surface area contributed by atoms with Gasteiger partial charge in [-0.1, -0.05) is 26.0 Å². The summed E-state index contributed by atoms with van der Waals surface area (Å²) < 4.78 is 26.7. The minimum Gasteiger partial charge on any atom is -0.390 e. The predicted octanol–water partition coefficient (Wildman–Crippen LogP) is 3.20. The van der Waals surface area contributed by atoms with Crippen molar-refractivity contribution in [2.24, 2.45) is 0 Å². The lowest BCUT2D eigenvalue weighted by atomic mass is 9.95. The van der Waals surface area contributed by atoms with E-state index in [2.05, 4.69) is 0 Å². The molecule has 84 valence electrons. The number of aliphatic hydroxyl groups is 1. The van der Waals surface area contributed by atoms with Gasteiger partial charge in [0.2, 0.25) is 0 Å². The fraction of sp³-hybridized carbons (Fsp3) is 0.500. The quantitative estimate of drug-likeness (QED) is 0.819. The van der Waals surface area contributed by atoms with E-state index in [4.69, 9.17) is 5.11 Å². The molecule has 0 aliphatic rings. The van der Waals surface area contributed by atoms with Crippen molar-refractivity contribution in [3.05, 3.63) is 34.9 Å². The van der Waals surface area contributed by atoms with Crippen LogP contribution in [-0.4, -0.2) is 11.7 Å². The van der Waals surface area contributed by atoms with Crippen molar-refractivity contribution < 1.29 is 13.9 Å². The fourth-order valence-corrected chi connectivity index (χ4v) is 1.48. The average molecular weight is 214 g/mol. The third kappa shape index (κ3) is 2.53. The molecule has 0 atom stereocenters. The van der Waals surface area contributed by atoms with Crippen LogP contribution in [0.5, 0.6) is 0 Å². The Kier molecular flexibility index (Phi) is 3.45. The second-order valence-corrected chi connectivity index (χ2v) is 4.09. The second kappa shape index (κ2) is 4.27. The Bertz CT molecular complexity index is 345. The van der Waals surface area contributed by atoms with Crippen LogP contribution in [-0.2, 0) is 5.92 Å². The Balaban J connectivity index is 3.22. The molecule has 0 bridgehead atoms. The van der Waals surface area contributed by atoms with Crippen LogP contribution in [0.2, 0.25) is 0 Å². The molecule has 1 nitrogen and oxygen atoms in total. The van der Waals surface area contributed by atoms with Crippen molar-refractivity contribution in [3.63, 3.8) is 0 Å². The molecule has 0 fully saturated rings. The molecule has 0 aliphatic heterocycles. The smallest absolute Gasteiger partial charge is 0.296 e. The first kappa shape index (κ1) is 12.1. The van der Waals surface area contributed by atoms with Gasteiger partial charge < -0.3 is 5.11 Å². The summed E-state index contributed by atoms with van der Waals surface area (Å²) in [6, 6.07) is 5.00. The molecule has 1 rings (SSSR count). The van der Waals surface area contributed by atoms with Crippen LogP contribution < -0.4 is 0 Å². The van der Waals surface area contributed by atoms with Crippen molar-refractivity contribution in [1.82, 2.24) is 0 Å². The zero-order valence-corrected chi connectivity index (χ0v) is 9.22. The van der Waals surface area contributed by atoms with Crippen LogP contribution in [0.25, 0.3) is 0 Å². The second-order valence-electron chi connectivity index (χ2n) is 4.09. The Morgan fingerprint density at radius 3 is 2.40 bits per heavy atom. The van der Waals surface area contributed by atoms with E-state index in [-0.39, 0.29) is 11.5 Å². The minimum atomic E-state index is -3.14. The van der Waals surface area contributed by atoms with Crippen molar-refractivity contribution in [2.45, 2.75) is 32.6 Å². The molecule has 1 N–H and O–H groups in total. The van der Waals surface area contributed by atoms with Gasteiger partial charge in [-0.3, -0.25) is 0 Å². The molecular formula is C12H16F2O. The zero-order valence-electron chi connectivity index (χ0n) is 9.22. The summed E-state index contributed by atoms with van der Waals surface area (Å²) in [4.78, 5) is 0. The maximum atomic E-state index is 13.3. The maximum Gasteiger partial charge on any atom is 0.296 e. The van der Waals surface area contributed by atoms with Gasteiger partial charge in [0.15, 0.2) is 0 Å². The highest BCUT2D eigenvalue weighted by molar-refractivity contribution is 5.35. The van der Waals surface area contributed by atoms with E-state index >= 15 is 0 Å². The highest BCUT2D eigenvalue weighted by atomic mass is 19.3. The number of aliphatic hydroxyl groups excluding tert-OH is 1. The monoisotopic (exact) mass is 214 g/mol. The molecule has 3 heteroatoms. The Morgan fingerprint density at radius 2 is 1.93 bits per heavy atom. The summed E-state index contributed by atoms with van der Waals surface area (Å²) in [7, 11) is 0. The van der Waals surface area contributed by atoms with Gasteiger partial charge in [-0.15, -0.1) is 0 Å². The fourth-order valence-electron chi connectivity index (χ4n) is 1.48. The third-order valence-corrected chi connectivity index (χ3v) is 2.52. The lowest BCUT2D eigenvalue weighted by Crippen LogP contribution is -2.20. The van der Waals surface area contributed by atoms with Crippen LogP contribution in [0.15, 0.2) is 18.2 Å². The van der Waals surface area contributed by atoms with Gasteiger partial charge in [-0.25, -0.2) is 0 Å². The molecule has 0 heterocycles. The maximum absolute atomic E-state index is 13.3. The van der Waals surface area contributed by atoms with Gasteiger partial charge in [0.05, 0.1) is 0 Å². The lowest BCUT2D eigenvalue weighted by Gasteiger charge is -2.18. The number of aryl methyl sites for hydroxylation is 1. The molecule has 0 aromatic heterocycles. The first-order valence-corrected chi connectivity index (χ1v) is 4.98. The molecule has 0 spiro atoms. The van der Waals surface area contributed by atoms with Gasteiger partial charge in [-0.05, 0) is 30.0 Å². The molecule has 0 unspecified atom stereocenters. The molecule has 1 aromatic rings. The van der Waals surface area contributed by atoms with Gasteiger partial charge in [0.25, 0.3) is 5.92 Å². The van der Waals surface area contributed by atoms with Gasteiger partial charge in [0.1, 0.15) is 6.61 Å². The third-order valence-electron chi connectivity index (χ3n) is 2.52. The van der Waals surface area contributed by atoms with Crippen molar-refractivity contribution in [3.8, 4) is 0 Å². The molecule has 0 saturated carbocycles. The number of alkyl halides is 2. The number of halogens is 2. The zero-order chi connectivity index (χ0) is 11.6. The highest BCUT2D eigenvalue weighted by Crippen LogP contribution is 2.32. The molecule has 0 amide bonds. The van der Waals surface area contributed by atoms with Crippen molar-refractivity contribution >= 4 is 0 Å². The summed E-state index contributed by atoms with van der Waals surface area (Å²) >= 11 is 0. The van der Waals surface area contributed by atoms with Crippen LogP contribution in [0, 0.1) is 6.92 Å². The van der Waals surface area contributed by atoms with Crippen LogP contribution >= 0.6 is 0 Å². The number of rotatable bonds is 3. The number of benzene rings is 1. The summed E-state index contributed by atoms with van der Waals surface area (Å²) in [5, 5.41) is 8.65. The van der Waals surface area contributed by atoms with Gasteiger partial charge >= 0.3 is 0 Å². The molecule has 0 saturated heterocycles.